The number of aromatic nitrogens is 3. The quantitative estimate of drug-likeness (QED) is 0.304. The summed E-state index contributed by atoms with van der Waals surface area (Å²) in [4.78, 5) is 19.0. The highest BCUT2D eigenvalue weighted by Crippen LogP contribution is 2.30. The third-order valence-electron chi connectivity index (χ3n) is 8.45. The lowest BCUT2D eigenvalue weighted by Gasteiger charge is -2.43. The Balaban J connectivity index is 1.08. The fraction of sp³-hybridized carbons (Fsp3) is 0.484. The van der Waals surface area contributed by atoms with Crippen molar-refractivity contribution in [2.75, 3.05) is 75.9 Å². The second kappa shape index (κ2) is 14.0. The Kier molecular flexibility index (Phi) is 9.62. The standard InChI is InChI=1S/C31H36F2N8O4/c32-25-12-22(2-3-27(25)41-9-7-40(8-10-41)23-17-44-18-23)37-31-36-19-35-30(38-31)20-1-4-28(21(11-20)13-34)45-29-5-6-39(15-26(29)33)14-24(43)16-42/h1-4,11-12,19,23-24,26,29,42-43H,5-10,14-18H2,(H,35,36,37,38)/t24-,26+,29-/m0/s1. The molecule has 3 aliphatic rings. The largest absolute Gasteiger partial charge is 0.486 e. The molecule has 3 atom stereocenters. The monoisotopic (exact) mass is 622 g/mol. The first-order valence-electron chi connectivity index (χ1n) is 15.1. The molecule has 45 heavy (non-hydrogen) atoms. The Morgan fingerprint density at radius 1 is 1.11 bits per heavy atom. The van der Waals surface area contributed by atoms with E-state index in [-0.39, 0.29) is 42.8 Å². The maximum atomic E-state index is 15.2. The van der Waals surface area contributed by atoms with Gasteiger partial charge in [0.2, 0.25) is 5.95 Å². The van der Waals surface area contributed by atoms with E-state index in [1.54, 1.807) is 35.2 Å². The number of alkyl halides is 1. The van der Waals surface area contributed by atoms with Gasteiger partial charge in [0.15, 0.2) is 5.82 Å². The molecule has 3 aromatic rings. The van der Waals surface area contributed by atoms with Crippen LogP contribution in [0.15, 0.2) is 42.7 Å². The van der Waals surface area contributed by atoms with Gasteiger partial charge in [0.1, 0.15) is 36.2 Å². The van der Waals surface area contributed by atoms with E-state index in [0.717, 1.165) is 39.4 Å². The van der Waals surface area contributed by atoms with E-state index >= 15 is 4.39 Å². The smallest absolute Gasteiger partial charge is 0.230 e. The predicted octanol–water partition coefficient (Wildman–Crippen LogP) is 1.96. The summed E-state index contributed by atoms with van der Waals surface area (Å²) in [5.74, 6) is 0.411. The number of piperidine rings is 1. The van der Waals surface area contributed by atoms with Gasteiger partial charge in [-0.25, -0.2) is 18.7 Å². The number of β-amino-alcohol motifs (C(OH)–C–C–N with tert-alkyl or cyclic N) is 1. The zero-order valence-corrected chi connectivity index (χ0v) is 24.7. The maximum absolute atomic E-state index is 15.2. The van der Waals surface area contributed by atoms with Gasteiger partial charge in [-0.05, 0) is 42.8 Å². The Morgan fingerprint density at radius 2 is 1.93 bits per heavy atom. The topological polar surface area (TPSA) is 143 Å². The van der Waals surface area contributed by atoms with Gasteiger partial charge in [0, 0.05) is 57.1 Å². The number of aliphatic hydroxyl groups excluding tert-OH is 2. The van der Waals surface area contributed by atoms with Crippen LogP contribution in [0.4, 0.5) is 26.1 Å². The Hall–Kier alpha value is -4.00. The molecule has 4 heterocycles. The average molecular weight is 623 g/mol. The molecule has 3 N–H and O–H groups in total. The van der Waals surface area contributed by atoms with Crippen molar-refractivity contribution >= 4 is 17.3 Å². The van der Waals surface area contributed by atoms with Crippen molar-refractivity contribution in [2.24, 2.45) is 0 Å². The lowest BCUT2D eigenvalue weighted by Crippen LogP contribution is -2.56. The number of aliphatic hydroxyl groups is 2. The molecule has 0 bridgehead atoms. The number of likely N-dealkylation sites (tertiary alicyclic amines) is 1. The second-order valence-corrected chi connectivity index (χ2v) is 11.5. The van der Waals surface area contributed by atoms with Gasteiger partial charge in [-0.15, -0.1) is 0 Å². The van der Waals surface area contributed by atoms with Gasteiger partial charge in [0.25, 0.3) is 0 Å². The highest BCUT2D eigenvalue weighted by atomic mass is 19.1. The van der Waals surface area contributed by atoms with Crippen LogP contribution in [-0.2, 0) is 4.74 Å². The van der Waals surface area contributed by atoms with Gasteiger partial charge in [-0.2, -0.15) is 10.2 Å². The summed E-state index contributed by atoms with van der Waals surface area (Å²) < 4.78 is 41.2. The van der Waals surface area contributed by atoms with E-state index in [1.807, 2.05) is 0 Å². The minimum Gasteiger partial charge on any atom is -0.486 e. The van der Waals surface area contributed by atoms with Crippen LogP contribution in [0, 0.1) is 17.1 Å². The van der Waals surface area contributed by atoms with Crippen LogP contribution < -0.4 is 15.0 Å². The van der Waals surface area contributed by atoms with E-state index < -0.39 is 18.4 Å². The molecule has 2 aromatic carbocycles. The van der Waals surface area contributed by atoms with Crippen LogP contribution >= 0.6 is 0 Å². The number of nitriles is 1. The summed E-state index contributed by atoms with van der Waals surface area (Å²) in [5, 5.41) is 31.5. The zero-order valence-electron chi connectivity index (χ0n) is 24.7. The molecule has 3 aliphatic heterocycles. The Morgan fingerprint density at radius 3 is 2.62 bits per heavy atom. The summed E-state index contributed by atoms with van der Waals surface area (Å²) in [5.41, 5.74) is 1.77. The van der Waals surface area contributed by atoms with Crippen molar-refractivity contribution < 1.29 is 28.5 Å². The van der Waals surface area contributed by atoms with Crippen LogP contribution in [0.3, 0.4) is 0 Å². The van der Waals surface area contributed by atoms with Crippen LogP contribution in [0.1, 0.15) is 12.0 Å². The molecular weight excluding hydrogens is 586 g/mol. The molecule has 0 unspecified atom stereocenters. The first-order chi connectivity index (χ1) is 21.9. The van der Waals surface area contributed by atoms with Gasteiger partial charge in [-0.3, -0.25) is 9.80 Å². The summed E-state index contributed by atoms with van der Waals surface area (Å²) in [7, 11) is 0. The zero-order chi connectivity index (χ0) is 31.3. The van der Waals surface area contributed by atoms with Crippen molar-refractivity contribution in [2.45, 2.75) is 30.8 Å². The number of benzene rings is 2. The van der Waals surface area contributed by atoms with Crippen LogP contribution in [-0.4, -0.2) is 125 Å². The number of anilines is 3. The van der Waals surface area contributed by atoms with Crippen molar-refractivity contribution in [1.82, 2.24) is 24.8 Å². The molecule has 3 saturated heterocycles. The van der Waals surface area contributed by atoms with E-state index in [0.29, 0.717) is 41.8 Å². The molecule has 14 heteroatoms. The third-order valence-corrected chi connectivity index (χ3v) is 8.45. The van der Waals surface area contributed by atoms with E-state index in [4.69, 9.17) is 14.6 Å². The molecule has 1 aromatic heterocycles. The first kappa shape index (κ1) is 31.0. The number of rotatable bonds is 10. The molecular formula is C31H36F2N8O4. The fourth-order valence-corrected chi connectivity index (χ4v) is 5.85. The van der Waals surface area contributed by atoms with Crippen LogP contribution in [0.25, 0.3) is 11.4 Å². The lowest BCUT2D eigenvalue weighted by atomic mass is 10.0. The summed E-state index contributed by atoms with van der Waals surface area (Å²) in [6.07, 6.45) is -1.32. The number of nitrogens with zero attached hydrogens (tertiary/aromatic N) is 7. The molecule has 238 valence electrons. The Labute approximate surface area is 259 Å². The van der Waals surface area contributed by atoms with Gasteiger partial charge >= 0.3 is 0 Å². The van der Waals surface area contributed by atoms with Crippen molar-refractivity contribution in [1.29, 1.82) is 5.26 Å². The molecule has 0 radical (unpaired) electrons. The molecule has 6 rings (SSSR count). The number of ether oxygens (including phenoxy) is 2. The predicted molar refractivity (Wildman–Crippen MR) is 162 cm³/mol. The molecule has 0 saturated carbocycles. The van der Waals surface area contributed by atoms with E-state index in [1.165, 1.54) is 12.4 Å². The number of halogens is 2. The molecule has 12 nitrogen and oxygen atoms in total. The summed E-state index contributed by atoms with van der Waals surface area (Å²) in [6.45, 7) is 5.12. The van der Waals surface area contributed by atoms with Crippen LogP contribution in [0.5, 0.6) is 5.75 Å². The fourth-order valence-electron chi connectivity index (χ4n) is 5.85. The molecule has 0 aliphatic carbocycles. The lowest BCUT2D eigenvalue weighted by molar-refractivity contribution is -0.0660. The van der Waals surface area contributed by atoms with Gasteiger partial charge in [-0.1, -0.05) is 0 Å². The molecule has 0 amide bonds. The normalized spacial score (nSPS) is 22.0. The first-order valence-corrected chi connectivity index (χ1v) is 15.1. The number of hydrogen-bond donors (Lipinski definition) is 3. The third kappa shape index (κ3) is 7.29. The summed E-state index contributed by atoms with van der Waals surface area (Å²) in [6, 6.07) is 12.4. The van der Waals surface area contributed by atoms with E-state index in [2.05, 4.69) is 36.1 Å². The number of hydrogen-bond acceptors (Lipinski definition) is 12. The van der Waals surface area contributed by atoms with E-state index in [9.17, 15) is 14.8 Å². The van der Waals surface area contributed by atoms with Crippen molar-refractivity contribution in [3.63, 3.8) is 0 Å². The minimum absolute atomic E-state index is 0.0581. The number of nitrogens with one attached hydrogen (secondary N) is 1. The summed E-state index contributed by atoms with van der Waals surface area (Å²) >= 11 is 0. The highest BCUT2D eigenvalue weighted by molar-refractivity contribution is 5.64. The molecule has 0 spiro atoms. The van der Waals surface area contributed by atoms with Crippen LogP contribution in [0.2, 0.25) is 0 Å². The molecule has 3 fully saturated rings. The Bertz CT molecular complexity index is 1520. The SMILES string of the molecule is N#Cc1cc(-c2ncnc(Nc3ccc(N4CCN(C5COC5)CC4)c(F)c3)n2)ccc1O[C@H]1CCN(C[C@H](O)CO)C[C@H]1F. The second-order valence-electron chi connectivity index (χ2n) is 11.5. The van der Waals surface area contributed by atoms with Gasteiger partial charge in [0.05, 0.1) is 43.2 Å². The van der Waals surface area contributed by atoms with Crippen molar-refractivity contribution in [3.05, 3.63) is 54.1 Å². The minimum atomic E-state index is -1.33. The highest BCUT2D eigenvalue weighted by Gasteiger charge is 2.32. The van der Waals surface area contributed by atoms with Crippen molar-refractivity contribution in [3.8, 4) is 23.2 Å². The average Bonchev–Trinajstić information content (AvgIpc) is 3.02. The number of piperazine rings is 1. The maximum Gasteiger partial charge on any atom is 0.230 e. The van der Waals surface area contributed by atoms with Gasteiger partial charge < -0.3 is 29.9 Å².